The van der Waals surface area contributed by atoms with Gasteiger partial charge in [-0.15, -0.1) is 0 Å². The van der Waals surface area contributed by atoms with E-state index in [0.29, 0.717) is 22.6 Å². The number of benzene rings is 1. The number of carbonyl (C=O) groups is 3. The average molecular weight is 479 g/mol. The Bertz CT molecular complexity index is 1160. The van der Waals surface area contributed by atoms with Crippen LogP contribution in [-0.4, -0.2) is 40.6 Å². The molecule has 6 heteroatoms. The predicted octanol–water partition coefficient (Wildman–Crippen LogP) is 4.28. The van der Waals surface area contributed by atoms with Gasteiger partial charge < -0.3 is 14.6 Å². The number of ether oxygens (including phenoxy) is 2. The Balaban J connectivity index is 1.68. The summed E-state index contributed by atoms with van der Waals surface area (Å²) in [4.78, 5) is 39.9. The van der Waals surface area contributed by atoms with E-state index in [1.165, 1.54) is 6.92 Å². The van der Waals surface area contributed by atoms with Crippen LogP contribution >= 0.6 is 0 Å². The van der Waals surface area contributed by atoms with E-state index in [2.05, 4.69) is 13.8 Å². The number of hydrogen-bond acceptors (Lipinski definition) is 6. The van der Waals surface area contributed by atoms with Crippen LogP contribution in [0.1, 0.15) is 58.3 Å². The summed E-state index contributed by atoms with van der Waals surface area (Å²) in [6.45, 7) is 11.3. The molecule has 0 heterocycles. The van der Waals surface area contributed by atoms with Crippen LogP contribution in [0, 0.1) is 34.5 Å². The third-order valence-corrected chi connectivity index (χ3v) is 9.33. The molecule has 1 N–H and O–H groups in total. The van der Waals surface area contributed by atoms with Crippen molar-refractivity contribution in [3.8, 4) is 0 Å². The van der Waals surface area contributed by atoms with Gasteiger partial charge in [-0.2, -0.15) is 0 Å². The first kappa shape index (κ1) is 24.0. The smallest absolute Gasteiger partial charge is 0.338 e. The van der Waals surface area contributed by atoms with Crippen molar-refractivity contribution in [2.24, 2.45) is 34.5 Å². The lowest BCUT2D eigenvalue weighted by atomic mass is 9.59. The monoisotopic (exact) mass is 478 g/mol. The summed E-state index contributed by atoms with van der Waals surface area (Å²) in [5.74, 6) is -1.38. The molecule has 4 aliphatic carbocycles. The molecule has 2 saturated carbocycles. The minimum Gasteiger partial charge on any atom is -0.455 e. The van der Waals surface area contributed by atoms with Gasteiger partial charge in [0.1, 0.15) is 0 Å². The van der Waals surface area contributed by atoms with Crippen LogP contribution in [0.2, 0.25) is 0 Å². The summed E-state index contributed by atoms with van der Waals surface area (Å²) < 4.78 is 11.7. The highest BCUT2D eigenvalue weighted by molar-refractivity contribution is 5.96. The fourth-order valence-electron chi connectivity index (χ4n) is 7.65. The van der Waals surface area contributed by atoms with Gasteiger partial charge in [-0.1, -0.05) is 51.1 Å². The molecule has 1 spiro atoms. The summed E-state index contributed by atoms with van der Waals surface area (Å²) in [6.07, 6.45) is 2.20. The van der Waals surface area contributed by atoms with Gasteiger partial charge >= 0.3 is 11.9 Å². The second kappa shape index (κ2) is 7.63. The van der Waals surface area contributed by atoms with Crippen molar-refractivity contribution >= 4 is 17.7 Å². The Labute approximate surface area is 206 Å². The van der Waals surface area contributed by atoms with Crippen molar-refractivity contribution in [3.05, 3.63) is 59.2 Å². The molecule has 0 radical (unpaired) electrons. The maximum atomic E-state index is 14.5. The minimum atomic E-state index is -1.96. The Hall–Kier alpha value is -2.73. The van der Waals surface area contributed by atoms with Crippen molar-refractivity contribution in [3.63, 3.8) is 0 Å². The number of ketones is 1. The van der Waals surface area contributed by atoms with Crippen LogP contribution in [-0.2, 0) is 19.1 Å². The van der Waals surface area contributed by atoms with Gasteiger partial charge in [0.05, 0.1) is 11.0 Å². The van der Waals surface area contributed by atoms with Crippen LogP contribution < -0.4 is 0 Å². The van der Waals surface area contributed by atoms with E-state index < -0.39 is 41.1 Å². The van der Waals surface area contributed by atoms with E-state index in [0.717, 1.165) is 6.42 Å². The standard InChI is InChI=1S/C29H34O6/c1-15-12-20-22-21(27(22,5)6)13-17(3)28(23(20)31)14-16(2)25(29(28,33)24(15)34-18(4)30)35-26(32)19-10-8-7-9-11-19/h7-12,14,17,20-22,24-25,33H,13H2,1-6H3/t17-,20+,21-,22+,24-,25+,28?,29+/m1/s1. The quantitative estimate of drug-likeness (QED) is 0.515. The van der Waals surface area contributed by atoms with Crippen molar-refractivity contribution in [2.45, 2.75) is 65.8 Å². The number of carbonyl (C=O) groups excluding carboxylic acids is 3. The summed E-state index contributed by atoms with van der Waals surface area (Å²) in [7, 11) is 0. The van der Waals surface area contributed by atoms with E-state index in [-0.39, 0.29) is 23.0 Å². The molecule has 2 bridgehead atoms. The van der Waals surface area contributed by atoms with Crippen LogP contribution in [0.3, 0.4) is 0 Å². The molecule has 1 aromatic carbocycles. The molecule has 0 saturated heterocycles. The van der Waals surface area contributed by atoms with Crippen molar-refractivity contribution in [1.82, 2.24) is 0 Å². The van der Waals surface area contributed by atoms with Crippen molar-refractivity contribution in [1.29, 1.82) is 0 Å². The summed E-state index contributed by atoms with van der Waals surface area (Å²) in [5, 5.41) is 12.7. The lowest BCUT2D eigenvalue weighted by Crippen LogP contribution is -2.66. The Kier molecular flexibility index (Phi) is 5.23. The number of Topliss-reactive ketones (excluding diaryl/α,β-unsaturated/α-hetero) is 1. The zero-order valence-corrected chi connectivity index (χ0v) is 21.2. The zero-order valence-electron chi connectivity index (χ0n) is 21.2. The van der Waals surface area contributed by atoms with Gasteiger partial charge in [-0.25, -0.2) is 4.79 Å². The van der Waals surface area contributed by atoms with E-state index in [9.17, 15) is 19.5 Å². The van der Waals surface area contributed by atoms with Crippen molar-refractivity contribution in [2.75, 3.05) is 0 Å². The summed E-state index contributed by atoms with van der Waals surface area (Å²) in [6, 6.07) is 8.56. The average Bonchev–Trinajstić information content (AvgIpc) is 3.29. The number of aliphatic hydroxyl groups is 1. The molecule has 5 rings (SSSR count). The Morgan fingerprint density at radius 2 is 1.66 bits per heavy atom. The molecule has 8 atom stereocenters. The molecule has 2 fully saturated rings. The van der Waals surface area contributed by atoms with E-state index in [1.807, 2.05) is 19.1 Å². The van der Waals surface area contributed by atoms with Gasteiger partial charge in [-0.3, -0.25) is 9.59 Å². The third-order valence-electron chi connectivity index (χ3n) is 9.33. The SMILES string of the molecule is CC(=O)O[C@@H]1C(C)=C[C@@H]2C(=O)C3(C=C(C)[C@H](OC(=O)c4ccccc4)[C@@]13O)[C@H](C)C[C@@H]1[C@H]2C1(C)C. The fraction of sp³-hybridized carbons (Fsp3) is 0.552. The molecule has 186 valence electrons. The minimum absolute atomic E-state index is 0.0168. The molecule has 0 aliphatic heterocycles. The molecule has 1 aromatic rings. The first-order valence-electron chi connectivity index (χ1n) is 12.4. The summed E-state index contributed by atoms with van der Waals surface area (Å²) >= 11 is 0. The van der Waals surface area contributed by atoms with E-state index in [4.69, 9.17) is 9.47 Å². The number of fused-ring (bicyclic) bond motifs is 3. The maximum Gasteiger partial charge on any atom is 0.338 e. The first-order valence-corrected chi connectivity index (χ1v) is 12.4. The van der Waals surface area contributed by atoms with Gasteiger partial charge in [0, 0.05) is 12.8 Å². The second-order valence-electron chi connectivity index (χ2n) is 11.6. The van der Waals surface area contributed by atoms with Crippen LogP contribution in [0.4, 0.5) is 0 Å². The van der Waals surface area contributed by atoms with E-state index >= 15 is 0 Å². The van der Waals surface area contributed by atoms with Crippen LogP contribution in [0.5, 0.6) is 0 Å². The fourth-order valence-corrected chi connectivity index (χ4v) is 7.65. The number of allylic oxidation sites excluding steroid dienone is 1. The van der Waals surface area contributed by atoms with Gasteiger partial charge in [0.15, 0.2) is 23.6 Å². The molecular weight excluding hydrogens is 444 g/mol. The molecule has 1 unspecified atom stereocenters. The maximum absolute atomic E-state index is 14.5. The number of esters is 2. The van der Waals surface area contributed by atoms with Gasteiger partial charge in [0.25, 0.3) is 0 Å². The number of rotatable bonds is 3. The van der Waals surface area contributed by atoms with Gasteiger partial charge in [0.2, 0.25) is 0 Å². The highest BCUT2D eigenvalue weighted by Gasteiger charge is 2.77. The molecular formula is C29H34O6. The molecule has 0 amide bonds. The third kappa shape index (κ3) is 3.08. The largest absolute Gasteiger partial charge is 0.455 e. The highest BCUT2D eigenvalue weighted by Crippen LogP contribution is 2.71. The van der Waals surface area contributed by atoms with Crippen LogP contribution in [0.25, 0.3) is 0 Å². The molecule has 0 aromatic heterocycles. The molecule has 4 aliphatic rings. The Morgan fingerprint density at radius 1 is 1.03 bits per heavy atom. The topological polar surface area (TPSA) is 89.9 Å². The van der Waals surface area contributed by atoms with E-state index in [1.54, 1.807) is 44.2 Å². The molecule has 35 heavy (non-hydrogen) atoms. The summed E-state index contributed by atoms with van der Waals surface area (Å²) in [5.41, 5.74) is -1.74. The normalized spacial score (nSPS) is 40.8. The molecule has 6 nitrogen and oxygen atoms in total. The zero-order chi connectivity index (χ0) is 25.5. The van der Waals surface area contributed by atoms with Crippen molar-refractivity contribution < 1.29 is 29.0 Å². The first-order chi connectivity index (χ1) is 16.4. The number of hydrogen-bond donors (Lipinski definition) is 1. The second-order valence-corrected chi connectivity index (χ2v) is 11.6. The lowest BCUT2D eigenvalue weighted by molar-refractivity contribution is -0.202. The Morgan fingerprint density at radius 3 is 2.29 bits per heavy atom. The lowest BCUT2D eigenvalue weighted by Gasteiger charge is -2.49. The van der Waals surface area contributed by atoms with Gasteiger partial charge in [-0.05, 0) is 66.7 Å². The van der Waals surface area contributed by atoms with Crippen LogP contribution in [0.15, 0.2) is 53.6 Å². The highest BCUT2D eigenvalue weighted by atomic mass is 16.6. The predicted molar refractivity (Wildman–Crippen MR) is 129 cm³/mol.